The Hall–Kier alpha value is -0.0600. The van der Waals surface area contributed by atoms with Crippen molar-refractivity contribution in [1.29, 1.82) is 0 Å². The number of nitrogens with zero attached hydrogens (tertiary/aromatic N) is 1. The zero-order chi connectivity index (χ0) is 9.84. The molecular weight excluding hydrogens is 244 g/mol. The third-order valence-electron chi connectivity index (χ3n) is 1.72. The number of halogens is 3. The zero-order valence-electron chi connectivity index (χ0n) is 7.41. The topological polar surface area (TPSA) is 64.9 Å². The van der Waals surface area contributed by atoms with Crippen molar-refractivity contribution in [2.24, 2.45) is 11.5 Å². The monoisotopic (exact) mass is 255 g/mol. The van der Waals surface area contributed by atoms with E-state index in [2.05, 4.69) is 4.98 Å². The summed E-state index contributed by atoms with van der Waals surface area (Å²) in [6.45, 7) is 0.528. The Balaban J connectivity index is 0.00000169. The molecule has 0 aliphatic carbocycles. The lowest BCUT2D eigenvalue weighted by Gasteiger charge is -2.11. The molecule has 0 fully saturated rings. The summed E-state index contributed by atoms with van der Waals surface area (Å²) in [6, 6.07) is 3.28. The maximum Gasteiger partial charge on any atom is 0.135 e. The first kappa shape index (κ1) is 13.9. The minimum Gasteiger partial charge on any atom is -0.330 e. The Labute approximate surface area is 99.2 Å². The molecular formula is C8H12Cl3N3. The van der Waals surface area contributed by atoms with E-state index in [0.717, 1.165) is 5.56 Å². The average Bonchev–Trinajstić information content (AvgIpc) is 2.04. The zero-order valence-corrected chi connectivity index (χ0v) is 9.74. The van der Waals surface area contributed by atoms with Crippen LogP contribution >= 0.6 is 35.6 Å². The third kappa shape index (κ3) is 3.59. The van der Waals surface area contributed by atoms with Gasteiger partial charge in [-0.1, -0.05) is 29.3 Å². The van der Waals surface area contributed by atoms with Crippen molar-refractivity contribution in [2.75, 3.05) is 6.54 Å². The van der Waals surface area contributed by atoms with Gasteiger partial charge in [-0.15, -0.1) is 12.4 Å². The van der Waals surface area contributed by atoms with Gasteiger partial charge in [0.15, 0.2) is 0 Å². The van der Waals surface area contributed by atoms with E-state index in [1.165, 1.54) is 0 Å². The highest BCUT2D eigenvalue weighted by molar-refractivity contribution is 6.32. The molecule has 0 amide bonds. The summed E-state index contributed by atoms with van der Waals surface area (Å²) < 4.78 is 0. The summed E-state index contributed by atoms with van der Waals surface area (Å²) in [5, 5.41) is 0.724. The fourth-order valence-corrected chi connectivity index (χ4v) is 1.52. The fraction of sp³-hybridized carbons (Fsp3) is 0.375. The van der Waals surface area contributed by atoms with Crippen molar-refractivity contribution in [3.63, 3.8) is 0 Å². The molecule has 1 heterocycles. The van der Waals surface area contributed by atoms with Crippen LogP contribution in [0.1, 0.15) is 18.0 Å². The van der Waals surface area contributed by atoms with Gasteiger partial charge >= 0.3 is 0 Å². The fourth-order valence-electron chi connectivity index (χ4n) is 1.03. The second-order valence-electron chi connectivity index (χ2n) is 2.70. The number of hydrogen-bond donors (Lipinski definition) is 2. The van der Waals surface area contributed by atoms with Gasteiger partial charge in [0, 0.05) is 11.6 Å². The second-order valence-corrected chi connectivity index (χ2v) is 3.44. The largest absolute Gasteiger partial charge is 0.330 e. The van der Waals surface area contributed by atoms with E-state index in [1.54, 1.807) is 12.1 Å². The second kappa shape index (κ2) is 6.43. The molecule has 0 unspecified atom stereocenters. The summed E-state index contributed by atoms with van der Waals surface area (Å²) >= 11 is 11.5. The normalized spacial score (nSPS) is 12.0. The highest BCUT2D eigenvalue weighted by Gasteiger charge is 2.10. The molecule has 1 aromatic heterocycles. The van der Waals surface area contributed by atoms with Crippen LogP contribution in [-0.2, 0) is 0 Å². The molecule has 0 spiro atoms. The van der Waals surface area contributed by atoms with Gasteiger partial charge in [-0.25, -0.2) is 4.98 Å². The minimum atomic E-state index is -0.165. The molecule has 3 nitrogen and oxygen atoms in total. The molecule has 0 radical (unpaired) electrons. The molecule has 0 aliphatic heterocycles. The Morgan fingerprint density at radius 2 is 2.00 bits per heavy atom. The van der Waals surface area contributed by atoms with Gasteiger partial charge in [-0.2, -0.15) is 0 Å². The van der Waals surface area contributed by atoms with E-state index >= 15 is 0 Å². The summed E-state index contributed by atoms with van der Waals surface area (Å²) in [4.78, 5) is 3.89. The van der Waals surface area contributed by atoms with E-state index in [4.69, 9.17) is 34.7 Å². The van der Waals surface area contributed by atoms with Gasteiger partial charge < -0.3 is 11.5 Å². The van der Waals surface area contributed by atoms with Gasteiger partial charge in [0.2, 0.25) is 0 Å². The van der Waals surface area contributed by atoms with Crippen molar-refractivity contribution < 1.29 is 0 Å². The number of rotatable bonds is 3. The lowest BCUT2D eigenvalue weighted by molar-refractivity contribution is 0.659. The minimum absolute atomic E-state index is 0. The molecule has 14 heavy (non-hydrogen) atoms. The van der Waals surface area contributed by atoms with Gasteiger partial charge in [-0.3, -0.25) is 0 Å². The van der Waals surface area contributed by atoms with Crippen molar-refractivity contribution in [1.82, 2.24) is 4.98 Å². The van der Waals surface area contributed by atoms with Crippen LogP contribution in [0.3, 0.4) is 0 Å². The third-order valence-corrected chi connectivity index (χ3v) is 2.23. The lowest BCUT2D eigenvalue weighted by Crippen LogP contribution is -2.16. The van der Waals surface area contributed by atoms with Crippen LogP contribution in [0.4, 0.5) is 0 Å². The summed E-state index contributed by atoms with van der Waals surface area (Å²) in [7, 11) is 0. The lowest BCUT2D eigenvalue weighted by atomic mass is 10.1. The molecule has 1 atom stereocenters. The molecule has 80 valence electrons. The maximum atomic E-state index is 5.84. The average molecular weight is 257 g/mol. The molecule has 1 aromatic rings. The Morgan fingerprint density at radius 3 is 2.50 bits per heavy atom. The van der Waals surface area contributed by atoms with Crippen molar-refractivity contribution in [3.8, 4) is 0 Å². The smallest absolute Gasteiger partial charge is 0.135 e. The maximum absolute atomic E-state index is 5.84. The van der Waals surface area contributed by atoms with Crippen LogP contribution in [0.15, 0.2) is 12.1 Å². The summed E-state index contributed by atoms with van der Waals surface area (Å²) in [5.41, 5.74) is 12.0. The highest BCUT2D eigenvalue weighted by Crippen LogP contribution is 2.23. The molecule has 6 heteroatoms. The number of pyridine rings is 1. The van der Waals surface area contributed by atoms with E-state index < -0.39 is 0 Å². The van der Waals surface area contributed by atoms with Crippen LogP contribution in [0, 0.1) is 0 Å². The van der Waals surface area contributed by atoms with Crippen molar-refractivity contribution in [2.45, 2.75) is 12.5 Å². The van der Waals surface area contributed by atoms with Crippen LogP contribution in [-0.4, -0.2) is 11.5 Å². The molecule has 1 rings (SSSR count). The first-order chi connectivity index (χ1) is 6.15. The Kier molecular flexibility index (Phi) is 6.40. The van der Waals surface area contributed by atoms with Gasteiger partial charge in [0.25, 0.3) is 0 Å². The van der Waals surface area contributed by atoms with Crippen LogP contribution in [0.2, 0.25) is 10.3 Å². The van der Waals surface area contributed by atoms with Gasteiger partial charge in [0.05, 0.1) is 0 Å². The summed E-state index contributed by atoms with van der Waals surface area (Å²) in [5.74, 6) is 0. The quantitative estimate of drug-likeness (QED) is 0.815. The standard InChI is InChI=1S/C8H11Cl2N3.ClH/c9-7-2-1-5(8(10)13-7)6(12)3-4-11;/h1-2,6H,3-4,11-12H2;1H/t6-;/m1./s1. The number of nitrogens with two attached hydrogens (primary N) is 2. The number of aromatic nitrogens is 1. The first-order valence-electron chi connectivity index (χ1n) is 3.92. The first-order valence-corrected chi connectivity index (χ1v) is 4.68. The van der Waals surface area contributed by atoms with E-state index in [1.807, 2.05) is 0 Å². The Morgan fingerprint density at radius 1 is 1.36 bits per heavy atom. The van der Waals surface area contributed by atoms with Gasteiger partial charge in [-0.05, 0) is 19.0 Å². The molecule has 0 aromatic carbocycles. The van der Waals surface area contributed by atoms with E-state index in [-0.39, 0.29) is 18.4 Å². The van der Waals surface area contributed by atoms with Crippen LogP contribution in [0.25, 0.3) is 0 Å². The molecule has 0 aliphatic rings. The van der Waals surface area contributed by atoms with E-state index in [9.17, 15) is 0 Å². The van der Waals surface area contributed by atoms with Gasteiger partial charge in [0.1, 0.15) is 10.3 Å². The van der Waals surface area contributed by atoms with Crippen molar-refractivity contribution >= 4 is 35.6 Å². The molecule has 4 N–H and O–H groups in total. The predicted molar refractivity (Wildman–Crippen MR) is 62.1 cm³/mol. The van der Waals surface area contributed by atoms with Crippen LogP contribution < -0.4 is 11.5 Å². The molecule has 0 saturated carbocycles. The number of hydrogen-bond acceptors (Lipinski definition) is 3. The molecule has 0 bridgehead atoms. The Bertz CT molecular complexity index is 293. The van der Waals surface area contributed by atoms with Crippen molar-refractivity contribution in [3.05, 3.63) is 28.0 Å². The SMILES string of the molecule is Cl.NCC[C@@H](N)c1ccc(Cl)nc1Cl. The molecule has 0 saturated heterocycles. The van der Waals surface area contributed by atoms with Crippen LogP contribution in [0.5, 0.6) is 0 Å². The highest BCUT2D eigenvalue weighted by atomic mass is 35.5. The summed E-state index contributed by atoms with van der Waals surface area (Å²) in [6.07, 6.45) is 0.684. The predicted octanol–water partition coefficient (Wildman–Crippen LogP) is 2.16. The van der Waals surface area contributed by atoms with E-state index in [0.29, 0.717) is 23.3 Å².